The zero-order valence-electron chi connectivity index (χ0n) is 13.2. The van der Waals surface area contributed by atoms with Crippen LogP contribution in [0.1, 0.15) is 43.6 Å². The monoisotopic (exact) mass is 288 g/mol. The molecule has 0 atom stereocenters. The molecule has 0 spiro atoms. The second-order valence-electron chi connectivity index (χ2n) is 3.60. The Labute approximate surface area is 127 Å². The van der Waals surface area contributed by atoms with Gasteiger partial charge in [0, 0.05) is 0 Å². The minimum atomic E-state index is -0.931. The van der Waals surface area contributed by atoms with E-state index in [1.165, 1.54) is 12.1 Å². The van der Waals surface area contributed by atoms with Crippen molar-refractivity contribution < 1.29 is 14.6 Å². The highest BCUT2D eigenvalue weighted by Crippen LogP contribution is 2.14. The number of carboxylic acids is 1. The van der Waals surface area contributed by atoms with Crippen LogP contribution in [-0.4, -0.2) is 11.1 Å². The second-order valence-corrected chi connectivity index (χ2v) is 3.60. The summed E-state index contributed by atoms with van der Waals surface area (Å²) in [6, 6.07) is 16.2. The zero-order valence-corrected chi connectivity index (χ0v) is 13.2. The van der Waals surface area contributed by atoms with Crippen LogP contribution < -0.4 is 4.74 Å². The maximum Gasteiger partial charge on any atom is 0.335 e. The molecule has 0 fully saturated rings. The highest BCUT2D eigenvalue weighted by Gasteiger charge is 2.02. The molecule has 0 aliphatic heterocycles. The molecule has 0 unspecified atom stereocenters. The van der Waals surface area contributed by atoms with E-state index in [0.29, 0.717) is 12.4 Å². The molecule has 2 rings (SSSR count). The lowest BCUT2D eigenvalue weighted by atomic mass is 10.2. The minimum absolute atomic E-state index is 0.261. The van der Waals surface area contributed by atoms with Crippen LogP contribution in [0.25, 0.3) is 0 Å². The number of rotatable bonds is 4. The summed E-state index contributed by atoms with van der Waals surface area (Å²) in [5.41, 5.74) is 1.34. The Balaban J connectivity index is 0.000000921. The van der Waals surface area contributed by atoms with E-state index in [9.17, 15) is 4.79 Å². The molecule has 0 aliphatic rings. The van der Waals surface area contributed by atoms with E-state index in [0.717, 1.165) is 5.56 Å². The summed E-state index contributed by atoms with van der Waals surface area (Å²) in [7, 11) is 0. The van der Waals surface area contributed by atoms with Crippen molar-refractivity contribution in [2.24, 2.45) is 0 Å². The van der Waals surface area contributed by atoms with Gasteiger partial charge in [0.25, 0.3) is 0 Å². The van der Waals surface area contributed by atoms with Crippen LogP contribution in [0.15, 0.2) is 54.6 Å². The van der Waals surface area contributed by atoms with Gasteiger partial charge in [-0.3, -0.25) is 0 Å². The smallest absolute Gasteiger partial charge is 0.335 e. The quantitative estimate of drug-likeness (QED) is 0.859. The van der Waals surface area contributed by atoms with E-state index >= 15 is 0 Å². The zero-order chi connectivity index (χ0) is 16.1. The van der Waals surface area contributed by atoms with Gasteiger partial charge in [0.05, 0.1) is 5.56 Å². The Morgan fingerprint density at radius 1 is 0.905 bits per heavy atom. The number of benzene rings is 2. The Kier molecular flexibility index (Phi) is 10.3. The minimum Gasteiger partial charge on any atom is -0.489 e. The number of hydrogen-bond donors (Lipinski definition) is 1. The van der Waals surface area contributed by atoms with Crippen molar-refractivity contribution in [2.75, 3.05) is 0 Å². The predicted octanol–water partition coefficient (Wildman–Crippen LogP) is 5.02. The highest BCUT2D eigenvalue weighted by atomic mass is 16.5. The van der Waals surface area contributed by atoms with Gasteiger partial charge in [-0.15, -0.1) is 0 Å². The van der Waals surface area contributed by atoms with E-state index in [1.54, 1.807) is 12.1 Å². The fraction of sp³-hybridized carbons (Fsp3) is 0.278. The van der Waals surface area contributed by atoms with Gasteiger partial charge < -0.3 is 9.84 Å². The normalized spacial score (nSPS) is 8.57. The first-order chi connectivity index (χ1) is 10.3. The summed E-state index contributed by atoms with van der Waals surface area (Å²) in [6.07, 6.45) is 0. The van der Waals surface area contributed by atoms with Crippen molar-refractivity contribution >= 4 is 5.97 Å². The van der Waals surface area contributed by atoms with Crippen molar-refractivity contribution in [1.29, 1.82) is 0 Å². The molecule has 0 radical (unpaired) electrons. The average molecular weight is 288 g/mol. The molecule has 3 heteroatoms. The third kappa shape index (κ3) is 7.16. The maximum atomic E-state index is 10.7. The Morgan fingerprint density at radius 3 is 1.90 bits per heavy atom. The average Bonchev–Trinajstić information content (AvgIpc) is 2.58. The molecule has 0 bridgehead atoms. The summed E-state index contributed by atoms with van der Waals surface area (Å²) in [5, 5.41) is 8.74. The van der Waals surface area contributed by atoms with Crippen LogP contribution in [0.3, 0.4) is 0 Å². The molecular weight excluding hydrogens is 264 g/mol. The first-order valence-electron chi connectivity index (χ1n) is 7.26. The van der Waals surface area contributed by atoms with Gasteiger partial charge in [0.1, 0.15) is 12.4 Å². The molecule has 114 valence electrons. The lowest BCUT2D eigenvalue weighted by molar-refractivity contribution is 0.0697. The Bertz CT molecular complexity index is 490. The lowest BCUT2D eigenvalue weighted by Crippen LogP contribution is -1.97. The van der Waals surface area contributed by atoms with Crippen molar-refractivity contribution in [3.63, 3.8) is 0 Å². The highest BCUT2D eigenvalue weighted by molar-refractivity contribution is 5.87. The van der Waals surface area contributed by atoms with Crippen molar-refractivity contribution in [1.82, 2.24) is 0 Å². The maximum absolute atomic E-state index is 10.7. The fourth-order valence-corrected chi connectivity index (χ4v) is 1.43. The molecular formula is C18H24O3. The SMILES string of the molecule is CC.CC.O=C(O)c1ccc(OCc2ccccc2)cc1. The summed E-state index contributed by atoms with van der Waals surface area (Å²) in [5.74, 6) is -0.265. The summed E-state index contributed by atoms with van der Waals surface area (Å²) in [4.78, 5) is 10.7. The molecule has 3 nitrogen and oxygen atoms in total. The van der Waals surface area contributed by atoms with Gasteiger partial charge in [-0.25, -0.2) is 4.79 Å². The summed E-state index contributed by atoms with van der Waals surface area (Å²) in [6.45, 7) is 8.48. The van der Waals surface area contributed by atoms with Crippen LogP contribution in [-0.2, 0) is 6.61 Å². The van der Waals surface area contributed by atoms with E-state index in [4.69, 9.17) is 9.84 Å². The number of carbonyl (C=O) groups is 1. The molecule has 0 aromatic heterocycles. The van der Waals surface area contributed by atoms with Crippen molar-refractivity contribution in [2.45, 2.75) is 34.3 Å². The van der Waals surface area contributed by atoms with Crippen molar-refractivity contribution in [3.8, 4) is 5.75 Å². The molecule has 0 heterocycles. The van der Waals surface area contributed by atoms with Crippen LogP contribution in [0, 0.1) is 0 Å². The summed E-state index contributed by atoms with van der Waals surface area (Å²) < 4.78 is 5.53. The molecule has 2 aromatic carbocycles. The van der Waals surface area contributed by atoms with Gasteiger partial charge in [0.15, 0.2) is 0 Å². The van der Waals surface area contributed by atoms with Crippen LogP contribution >= 0.6 is 0 Å². The first-order valence-corrected chi connectivity index (χ1v) is 7.26. The number of carboxylic acid groups (broad SMARTS) is 1. The van der Waals surface area contributed by atoms with Crippen LogP contribution in [0.2, 0.25) is 0 Å². The van der Waals surface area contributed by atoms with Gasteiger partial charge in [0.2, 0.25) is 0 Å². The first kappa shape index (κ1) is 18.7. The van der Waals surface area contributed by atoms with Gasteiger partial charge in [-0.05, 0) is 29.8 Å². The molecule has 21 heavy (non-hydrogen) atoms. The molecule has 0 saturated carbocycles. The van der Waals surface area contributed by atoms with Gasteiger partial charge in [-0.1, -0.05) is 58.0 Å². The Morgan fingerprint density at radius 2 is 1.43 bits per heavy atom. The molecule has 0 saturated heterocycles. The lowest BCUT2D eigenvalue weighted by Gasteiger charge is -2.06. The van der Waals surface area contributed by atoms with E-state index in [2.05, 4.69) is 0 Å². The number of hydrogen-bond acceptors (Lipinski definition) is 2. The second kappa shape index (κ2) is 11.5. The van der Waals surface area contributed by atoms with Gasteiger partial charge >= 0.3 is 5.97 Å². The molecule has 2 aromatic rings. The molecule has 0 aliphatic carbocycles. The fourth-order valence-electron chi connectivity index (χ4n) is 1.43. The largest absolute Gasteiger partial charge is 0.489 e. The topological polar surface area (TPSA) is 46.5 Å². The van der Waals surface area contributed by atoms with E-state index in [1.807, 2.05) is 58.0 Å². The third-order valence-electron chi connectivity index (χ3n) is 2.35. The Hall–Kier alpha value is -2.29. The molecule has 1 N–H and O–H groups in total. The number of aromatic carboxylic acids is 1. The van der Waals surface area contributed by atoms with E-state index < -0.39 is 5.97 Å². The van der Waals surface area contributed by atoms with Crippen molar-refractivity contribution in [3.05, 3.63) is 65.7 Å². The summed E-state index contributed by atoms with van der Waals surface area (Å²) >= 11 is 0. The van der Waals surface area contributed by atoms with Crippen LogP contribution in [0.5, 0.6) is 5.75 Å². The van der Waals surface area contributed by atoms with Crippen LogP contribution in [0.4, 0.5) is 0 Å². The standard InChI is InChI=1S/C14H12O3.2C2H6/c15-14(16)12-6-8-13(9-7-12)17-10-11-4-2-1-3-5-11;2*1-2/h1-9H,10H2,(H,15,16);2*1-2H3. The van der Waals surface area contributed by atoms with E-state index in [-0.39, 0.29) is 5.56 Å². The predicted molar refractivity (Wildman–Crippen MR) is 86.9 cm³/mol. The third-order valence-corrected chi connectivity index (χ3v) is 2.35. The van der Waals surface area contributed by atoms with Gasteiger partial charge in [-0.2, -0.15) is 0 Å². The molecule has 0 amide bonds. The number of ether oxygens (including phenoxy) is 1.